The molecular weight excluding hydrogens is 210 g/mol. The Morgan fingerprint density at radius 3 is 2.14 bits per heavy atom. The Morgan fingerprint density at radius 2 is 2.14 bits per heavy atom. The van der Waals surface area contributed by atoms with Gasteiger partial charge in [0.25, 0.3) is 0 Å². The van der Waals surface area contributed by atoms with E-state index in [1.54, 1.807) is 0 Å². The average Bonchev–Trinajstić information content (AvgIpc) is 1.30. The molecule has 0 atom stereocenters. The van der Waals surface area contributed by atoms with Crippen LogP contribution >= 0.6 is 0 Å². The molecule has 0 amide bonds. The van der Waals surface area contributed by atoms with Crippen molar-refractivity contribution in [1.29, 1.82) is 0 Å². The summed E-state index contributed by atoms with van der Waals surface area (Å²) in [4.78, 5) is 0. The molecule has 0 aromatic carbocycles. The maximum absolute atomic E-state index is 9.79. The van der Waals surface area contributed by atoms with Crippen LogP contribution in [0.5, 0.6) is 0 Å². The monoisotopic (exact) mass is 216 g/mol. The van der Waals surface area contributed by atoms with E-state index in [9.17, 15) is 3.02 Å². The SMILES string of the molecule is CC[O][Sb](=[O])([OH])[OH]. The van der Waals surface area contributed by atoms with Crippen LogP contribution in [-0.2, 0) is 6.03 Å². The van der Waals surface area contributed by atoms with Gasteiger partial charge in [-0.1, -0.05) is 0 Å². The molecule has 0 aliphatic carbocycles. The Labute approximate surface area is 46.8 Å². The maximum atomic E-state index is 9.79. The van der Waals surface area contributed by atoms with Crippen molar-refractivity contribution >= 4 is 20.1 Å². The molecule has 0 aromatic heterocycles. The van der Waals surface area contributed by atoms with Gasteiger partial charge in [0.2, 0.25) is 0 Å². The van der Waals surface area contributed by atoms with Gasteiger partial charge in [0.15, 0.2) is 0 Å². The van der Waals surface area contributed by atoms with Crippen molar-refractivity contribution in [2.24, 2.45) is 0 Å². The number of rotatable bonds is 2. The van der Waals surface area contributed by atoms with Gasteiger partial charge in [-0.3, -0.25) is 0 Å². The molecule has 0 aliphatic heterocycles. The molecule has 0 rings (SSSR count). The van der Waals surface area contributed by atoms with E-state index in [-0.39, 0.29) is 6.61 Å². The summed E-state index contributed by atoms with van der Waals surface area (Å²) in [5.74, 6) is 0. The molecule has 44 valence electrons. The Balaban J connectivity index is 3.36. The van der Waals surface area contributed by atoms with Gasteiger partial charge in [0.1, 0.15) is 0 Å². The van der Waals surface area contributed by atoms with E-state index < -0.39 is 20.1 Å². The van der Waals surface area contributed by atoms with Crippen LogP contribution in [0.25, 0.3) is 0 Å². The molecule has 0 saturated heterocycles. The molecule has 0 radical (unpaired) electrons. The van der Waals surface area contributed by atoms with E-state index in [1.165, 1.54) is 6.92 Å². The van der Waals surface area contributed by atoms with E-state index in [4.69, 9.17) is 6.77 Å². The average molecular weight is 217 g/mol. The molecule has 5 heteroatoms. The third-order valence-corrected chi connectivity index (χ3v) is 1.99. The minimum atomic E-state index is -4.94. The molecule has 7 heavy (non-hydrogen) atoms. The van der Waals surface area contributed by atoms with Crippen LogP contribution in [0.15, 0.2) is 0 Å². The molecule has 0 aliphatic rings. The normalized spacial score (nSPS) is 11.9. The molecule has 0 fully saturated rings. The van der Waals surface area contributed by atoms with Crippen LogP contribution in [0.2, 0.25) is 0 Å². The van der Waals surface area contributed by atoms with Crippen LogP contribution in [0.4, 0.5) is 0 Å². The van der Waals surface area contributed by atoms with Crippen LogP contribution in [0.3, 0.4) is 0 Å². The predicted octanol–water partition coefficient (Wildman–Crippen LogP) is -1.13. The van der Waals surface area contributed by atoms with Crippen molar-refractivity contribution in [3.8, 4) is 0 Å². The van der Waals surface area contributed by atoms with Crippen molar-refractivity contribution < 1.29 is 12.8 Å². The minimum absolute atomic E-state index is 0.0854. The van der Waals surface area contributed by atoms with Crippen LogP contribution < -0.4 is 0 Å². The Morgan fingerprint density at radius 1 is 1.71 bits per heavy atom. The molecule has 4 nitrogen and oxygen atoms in total. The van der Waals surface area contributed by atoms with Gasteiger partial charge in [-0.05, 0) is 0 Å². The summed E-state index contributed by atoms with van der Waals surface area (Å²) in [6.45, 7) is 1.62. The first kappa shape index (κ1) is 7.50. The topological polar surface area (TPSA) is 66.8 Å². The van der Waals surface area contributed by atoms with E-state index in [2.05, 4.69) is 3.02 Å². The van der Waals surface area contributed by atoms with Gasteiger partial charge in [-0.15, -0.1) is 0 Å². The molecular formula is C2H7O4Sb. The Bertz CT molecular complexity index is 83.7. The van der Waals surface area contributed by atoms with Gasteiger partial charge < -0.3 is 0 Å². The van der Waals surface area contributed by atoms with Crippen molar-refractivity contribution in [2.75, 3.05) is 6.61 Å². The standard InChI is InChI=1S/C2H5O.2H2O.O.Sb/c1-2-3;;;;/h2H2,1H3;2*1H2;;/q-1;;;;+3/p-2. The molecule has 0 heterocycles. The van der Waals surface area contributed by atoms with Crippen LogP contribution in [-0.4, -0.2) is 33.4 Å². The second kappa shape index (κ2) is 2.72. The first-order valence-electron chi connectivity index (χ1n) is 1.76. The number of hydrogen-bond donors (Lipinski definition) is 2. The number of hydrogen-bond acceptors (Lipinski definition) is 2. The Hall–Kier alpha value is 0.498. The van der Waals surface area contributed by atoms with Gasteiger partial charge >= 0.3 is 46.4 Å². The van der Waals surface area contributed by atoms with Crippen molar-refractivity contribution in [3.63, 3.8) is 0 Å². The fourth-order valence-corrected chi connectivity index (χ4v) is 1.13. The summed E-state index contributed by atoms with van der Waals surface area (Å²) in [7, 11) is 0. The van der Waals surface area contributed by atoms with Gasteiger partial charge in [-0.25, -0.2) is 0 Å². The summed E-state index contributed by atoms with van der Waals surface area (Å²) >= 11 is -4.94. The van der Waals surface area contributed by atoms with Crippen molar-refractivity contribution in [1.82, 2.24) is 0 Å². The zero-order valence-corrected chi connectivity index (χ0v) is 6.42. The summed E-state index contributed by atoms with van der Waals surface area (Å²) in [6, 6.07) is 0. The van der Waals surface area contributed by atoms with E-state index in [0.29, 0.717) is 0 Å². The molecule has 0 spiro atoms. The summed E-state index contributed by atoms with van der Waals surface area (Å²) in [6.07, 6.45) is 0. The van der Waals surface area contributed by atoms with E-state index in [0.717, 1.165) is 0 Å². The van der Waals surface area contributed by atoms with Crippen molar-refractivity contribution in [3.05, 3.63) is 0 Å². The summed E-state index contributed by atoms with van der Waals surface area (Å²) < 4.78 is 29.8. The zero-order valence-electron chi connectivity index (χ0n) is 3.87. The molecule has 0 unspecified atom stereocenters. The molecule has 0 saturated carbocycles. The predicted molar refractivity (Wildman–Crippen MR) is 22.5 cm³/mol. The summed E-state index contributed by atoms with van der Waals surface area (Å²) in [5, 5.41) is 0. The fraction of sp³-hybridized carbons (Fsp3) is 1.00. The second-order valence-electron chi connectivity index (χ2n) is 0.908. The van der Waals surface area contributed by atoms with Crippen LogP contribution in [0, 0.1) is 0 Å². The Kier molecular flexibility index (Phi) is 2.91. The summed E-state index contributed by atoms with van der Waals surface area (Å²) in [5.41, 5.74) is 0. The van der Waals surface area contributed by atoms with Gasteiger partial charge in [0, 0.05) is 0 Å². The first-order chi connectivity index (χ1) is 3.06. The van der Waals surface area contributed by atoms with Crippen molar-refractivity contribution in [2.45, 2.75) is 6.92 Å². The quantitative estimate of drug-likeness (QED) is 0.574. The first-order valence-corrected chi connectivity index (χ1v) is 6.13. The third kappa shape index (κ3) is 6.50. The second-order valence-corrected chi connectivity index (χ2v) is 4.45. The van der Waals surface area contributed by atoms with E-state index in [1.807, 2.05) is 0 Å². The molecule has 2 N–H and O–H groups in total. The molecule has 0 bridgehead atoms. The van der Waals surface area contributed by atoms with Gasteiger partial charge in [-0.2, -0.15) is 0 Å². The zero-order chi connectivity index (χ0) is 5.91. The third-order valence-electron chi connectivity index (χ3n) is 0.297. The van der Waals surface area contributed by atoms with Gasteiger partial charge in [0.05, 0.1) is 0 Å². The molecule has 0 aromatic rings. The van der Waals surface area contributed by atoms with E-state index >= 15 is 0 Å². The van der Waals surface area contributed by atoms with Crippen LogP contribution in [0.1, 0.15) is 6.92 Å². The fourth-order valence-electron chi connectivity index (χ4n) is 0.168.